The van der Waals surface area contributed by atoms with E-state index in [1.165, 1.54) is 50.3 Å². The summed E-state index contributed by atoms with van der Waals surface area (Å²) in [6.45, 7) is 3.46. The largest absolute Gasteiger partial charge is 0.354 e. The molecule has 1 saturated carbocycles. The summed E-state index contributed by atoms with van der Waals surface area (Å²) >= 11 is 1.34. The van der Waals surface area contributed by atoms with Gasteiger partial charge in [0.15, 0.2) is 0 Å². The van der Waals surface area contributed by atoms with E-state index in [1.54, 1.807) is 0 Å². The SMILES string of the molecule is Cc1ccc(NC(=O)CSCC(=O)NCCNC2CCCCCC2)cc1.Cl. The number of thioether (sulfide) groups is 1. The zero-order chi connectivity index (χ0) is 18.6. The van der Waals surface area contributed by atoms with Crippen LogP contribution in [0, 0.1) is 6.92 Å². The fourth-order valence-corrected chi connectivity index (χ4v) is 3.73. The van der Waals surface area contributed by atoms with Gasteiger partial charge in [-0.25, -0.2) is 0 Å². The smallest absolute Gasteiger partial charge is 0.234 e. The van der Waals surface area contributed by atoms with Gasteiger partial charge in [-0.05, 0) is 31.9 Å². The molecule has 0 spiro atoms. The topological polar surface area (TPSA) is 70.2 Å². The van der Waals surface area contributed by atoms with Crippen LogP contribution in [0.3, 0.4) is 0 Å². The van der Waals surface area contributed by atoms with Gasteiger partial charge in [-0.1, -0.05) is 43.4 Å². The Morgan fingerprint density at radius 2 is 1.59 bits per heavy atom. The number of benzene rings is 1. The van der Waals surface area contributed by atoms with Crippen LogP contribution in [0.2, 0.25) is 0 Å². The number of anilines is 1. The van der Waals surface area contributed by atoms with Crippen LogP contribution in [0.15, 0.2) is 24.3 Å². The maximum absolute atomic E-state index is 11.9. The standard InChI is InChI=1S/C20H31N3O2S.ClH/c1-16-8-10-18(11-9-16)23-20(25)15-26-14-19(24)22-13-12-21-17-6-4-2-3-5-7-17;/h8-11,17,21H,2-7,12-15H2,1H3,(H,22,24)(H,23,25);1H. The van der Waals surface area contributed by atoms with E-state index < -0.39 is 0 Å². The Balaban J connectivity index is 0.00000364. The number of hydrogen-bond acceptors (Lipinski definition) is 4. The lowest BCUT2D eigenvalue weighted by atomic mass is 10.1. The van der Waals surface area contributed by atoms with E-state index in [9.17, 15) is 9.59 Å². The Labute approximate surface area is 173 Å². The van der Waals surface area contributed by atoms with Crippen molar-refractivity contribution in [1.82, 2.24) is 10.6 Å². The summed E-state index contributed by atoms with van der Waals surface area (Å²) < 4.78 is 0. The van der Waals surface area contributed by atoms with Crippen molar-refractivity contribution in [3.63, 3.8) is 0 Å². The van der Waals surface area contributed by atoms with Gasteiger partial charge in [0.05, 0.1) is 11.5 Å². The van der Waals surface area contributed by atoms with Crippen LogP contribution in [0.5, 0.6) is 0 Å². The van der Waals surface area contributed by atoms with Gasteiger partial charge in [-0.2, -0.15) is 0 Å². The Morgan fingerprint density at radius 1 is 0.963 bits per heavy atom. The molecule has 0 unspecified atom stereocenters. The molecule has 0 aliphatic heterocycles. The maximum Gasteiger partial charge on any atom is 0.234 e. The van der Waals surface area contributed by atoms with E-state index in [4.69, 9.17) is 0 Å². The molecule has 2 amide bonds. The first-order valence-corrected chi connectivity index (χ1v) is 10.7. The summed E-state index contributed by atoms with van der Waals surface area (Å²) in [4.78, 5) is 23.7. The van der Waals surface area contributed by atoms with Gasteiger partial charge in [-0.15, -0.1) is 24.2 Å². The predicted octanol–water partition coefficient (Wildman–Crippen LogP) is 3.52. The summed E-state index contributed by atoms with van der Waals surface area (Å²) in [5, 5.41) is 9.29. The van der Waals surface area contributed by atoms with Crippen molar-refractivity contribution >= 4 is 41.7 Å². The average molecular weight is 414 g/mol. The zero-order valence-corrected chi connectivity index (χ0v) is 17.7. The molecule has 1 aliphatic carbocycles. The molecule has 3 N–H and O–H groups in total. The molecule has 5 nitrogen and oxygen atoms in total. The lowest BCUT2D eigenvalue weighted by molar-refractivity contribution is -0.118. The minimum atomic E-state index is -0.0818. The molecular formula is C20H32ClN3O2S. The third kappa shape index (κ3) is 10.6. The number of carbonyl (C=O) groups is 2. The Bertz CT molecular complexity index is 561. The molecule has 2 rings (SSSR count). The van der Waals surface area contributed by atoms with E-state index in [0.29, 0.717) is 18.3 Å². The third-order valence-electron chi connectivity index (χ3n) is 4.54. The molecule has 7 heteroatoms. The number of rotatable bonds is 9. The van der Waals surface area contributed by atoms with E-state index in [-0.39, 0.29) is 30.0 Å². The number of amides is 2. The van der Waals surface area contributed by atoms with E-state index in [2.05, 4.69) is 16.0 Å². The highest BCUT2D eigenvalue weighted by Crippen LogP contribution is 2.16. The van der Waals surface area contributed by atoms with E-state index >= 15 is 0 Å². The Hall–Kier alpha value is -1.24. The van der Waals surface area contributed by atoms with Crippen molar-refractivity contribution in [2.45, 2.75) is 51.5 Å². The number of nitrogens with one attached hydrogen (secondary N) is 3. The van der Waals surface area contributed by atoms with Crippen molar-refractivity contribution < 1.29 is 9.59 Å². The van der Waals surface area contributed by atoms with Crippen LogP contribution in [0.4, 0.5) is 5.69 Å². The Kier molecular flexibility index (Phi) is 12.2. The highest BCUT2D eigenvalue weighted by molar-refractivity contribution is 8.00. The normalized spacial score (nSPS) is 14.7. The molecule has 152 valence electrons. The monoisotopic (exact) mass is 413 g/mol. The average Bonchev–Trinajstić information content (AvgIpc) is 2.89. The molecule has 0 radical (unpaired) electrons. The molecule has 0 heterocycles. The minimum absolute atomic E-state index is 0. The summed E-state index contributed by atoms with van der Waals surface area (Å²) in [7, 11) is 0. The first kappa shape index (κ1) is 23.8. The molecule has 27 heavy (non-hydrogen) atoms. The second-order valence-electron chi connectivity index (χ2n) is 6.90. The summed E-state index contributed by atoms with van der Waals surface area (Å²) in [5.41, 5.74) is 1.94. The summed E-state index contributed by atoms with van der Waals surface area (Å²) in [5.74, 6) is 0.495. The van der Waals surface area contributed by atoms with Gasteiger partial charge in [0.1, 0.15) is 0 Å². The molecule has 0 saturated heterocycles. The van der Waals surface area contributed by atoms with Gasteiger partial charge >= 0.3 is 0 Å². The maximum atomic E-state index is 11.9. The number of aryl methyl sites for hydroxylation is 1. The minimum Gasteiger partial charge on any atom is -0.354 e. The van der Waals surface area contributed by atoms with Gasteiger partial charge in [-0.3, -0.25) is 9.59 Å². The molecule has 0 aromatic heterocycles. The molecule has 1 aromatic rings. The first-order chi connectivity index (χ1) is 12.6. The fourth-order valence-electron chi connectivity index (χ4n) is 3.08. The first-order valence-electron chi connectivity index (χ1n) is 9.58. The molecular weight excluding hydrogens is 382 g/mol. The lowest BCUT2D eigenvalue weighted by Gasteiger charge is -2.16. The number of carbonyl (C=O) groups excluding carboxylic acids is 2. The molecule has 1 fully saturated rings. The summed E-state index contributed by atoms with van der Waals surface area (Å²) in [6.07, 6.45) is 7.82. The van der Waals surface area contributed by atoms with Crippen LogP contribution >= 0.6 is 24.2 Å². The number of halogens is 1. The van der Waals surface area contributed by atoms with Gasteiger partial charge < -0.3 is 16.0 Å². The molecule has 1 aliphatic rings. The van der Waals surface area contributed by atoms with Crippen LogP contribution < -0.4 is 16.0 Å². The highest BCUT2D eigenvalue weighted by Gasteiger charge is 2.11. The highest BCUT2D eigenvalue weighted by atomic mass is 35.5. The van der Waals surface area contributed by atoms with Crippen LogP contribution in [-0.4, -0.2) is 42.5 Å². The van der Waals surface area contributed by atoms with Gasteiger partial charge in [0, 0.05) is 24.8 Å². The van der Waals surface area contributed by atoms with Gasteiger partial charge in [0.25, 0.3) is 0 Å². The van der Waals surface area contributed by atoms with Crippen molar-refractivity contribution in [3.8, 4) is 0 Å². The van der Waals surface area contributed by atoms with Crippen molar-refractivity contribution in [3.05, 3.63) is 29.8 Å². The lowest BCUT2D eigenvalue weighted by Crippen LogP contribution is -2.37. The predicted molar refractivity (Wildman–Crippen MR) is 117 cm³/mol. The quantitative estimate of drug-likeness (QED) is 0.428. The van der Waals surface area contributed by atoms with Crippen molar-refractivity contribution in [2.75, 3.05) is 29.9 Å². The fraction of sp³-hybridized carbons (Fsp3) is 0.600. The van der Waals surface area contributed by atoms with Crippen molar-refractivity contribution in [2.24, 2.45) is 0 Å². The van der Waals surface area contributed by atoms with Crippen LogP contribution in [-0.2, 0) is 9.59 Å². The number of hydrogen-bond donors (Lipinski definition) is 3. The zero-order valence-electron chi connectivity index (χ0n) is 16.1. The second kappa shape index (κ2) is 13.9. The van der Waals surface area contributed by atoms with Gasteiger partial charge in [0.2, 0.25) is 11.8 Å². The Morgan fingerprint density at radius 3 is 2.26 bits per heavy atom. The molecule has 0 bridgehead atoms. The van der Waals surface area contributed by atoms with E-state index in [0.717, 1.165) is 17.8 Å². The van der Waals surface area contributed by atoms with Crippen LogP contribution in [0.1, 0.15) is 44.1 Å². The van der Waals surface area contributed by atoms with E-state index in [1.807, 2.05) is 31.2 Å². The second-order valence-corrected chi connectivity index (χ2v) is 7.89. The van der Waals surface area contributed by atoms with Crippen LogP contribution in [0.25, 0.3) is 0 Å². The van der Waals surface area contributed by atoms with Crippen molar-refractivity contribution in [1.29, 1.82) is 0 Å². The summed E-state index contributed by atoms with van der Waals surface area (Å²) in [6, 6.07) is 8.28. The molecule has 1 aromatic carbocycles. The molecule has 0 atom stereocenters. The third-order valence-corrected chi connectivity index (χ3v) is 5.47.